The monoisotopic (exact) mass is 351 g/mol. The number of piperidine rings is 1. The van der Waals surface area contributed by atoms with Crippen LogP contribution < -0.4 is 10.6 Å². The van der Waals surface area contributed by atoms with Crippen LogP contribution in [-0.2, 0) is 6.54 Å². The molecule has 0 bridgehead atoms. The van der Waals surface area contributed by atoms with Gasteiger partial charge in [0, 0.05) is 24.5 Å². The Hall–Kier alpha value is -1.14. The molecule has 1 fully saturated rings. The van der Waals surface area contributed by atoms with Crippen LogP contribution in [0.25, 0.3) is 0 Å². The van der Waals surface area contributed by atoms with Crippen LogP contribution in [0.5, 0.6) is 0 Å². The summed E-state index contributed by atoms with van der Waals surface area (Å²) in [5.74, 6) is 1.39. The first-order valence-electron chi connectivity index (χ1n) is 9.34. The van der Waals surface area contributed by atoms with Crippen molar-refractivity contribution in [3.63, 3.8) is 0 Å². The van der Waals surface area contributed by atoms with Crippen LogP contribution in [0.1, 0.15) is 63.6 Å². The third-order valence-electron chi connectivity index (χ3n) is 4.54. The second-order valence-electron chi connectivity index (χ2n) is 6.68. The lowest BCUT2D eigenvalue weighted by Crippen LogP contribution is -2.49. The molecule has 0 saturated carbocycles. The number of guanidine groups is 1. The quantitative estimate of drug-likeness (QED) is 0.585. The van der Waals surface area contributed by atoms with Crippen LogP contribution in [0.2, 0.25) is 0 Å². The van der Waals surface area contributed by atoms with Crippen molar-refractivity contribution in [3.8, 4) is 0 Å². The lowest BCUT2D eigenvalue weighted by Gasteiger charge is -2.35. The van der Waals surface area contributed by atoms with Crippen molar-refractivity contribution in [3.05, 3.63) is 16.1 Å². The molecule has 1 aromatic rings. The summed E-state index contributed by atoms with van der Waals surface area (Å²) >= 11 is 1.71. The van der Waals surface area contributed by atoms with Crippen LogP contribution in [0.15, 0.2) is 10.4 Å². The number of likely N-dealkylation sites (tertiary alicyclic amines) is 1. The van der Waals surface area contributed by atoms with Gasteiger partial charge in [0.05, 0.1) is 12.2 Å². The zero-order chi connectivity index (χ0) is 17.4. The Balaban J connectivity index is 1.89. The predicted octanol–water partition coefficient (Wildman–Crippen LogP) is 3.20. The maximum absolute atomic E-state index is 4.72. The highest BCUT2D eigenvalue weighted by Crippen LogP contribution is 2.18. The average molecular weight is 352 g/mol. The van der Waals surface area contributed by atoms with E-state index in [4.69, 9.17) is 4.99 Å². The van der Waals surface area contributed by atoms with E-state index in [2.05, 4.69) is 53.6 Å². The van der Waals surface area contributed by atoms with E-state index in [0.29, 0.717) is 18.5 Å². The van der Waals surface area contributed by atoms with Gasteiger partial charge >= 0.3 is 0 Å². The topological polar surface area (TPSA) is 52.6 Å². The number of aromatic nitrogens is 1. The van der Waals surface area contributed by atoms with Gasteiger partial charge < -0.3 is 10.6 Å². The summed E-state index contributed by atoms with van der Waals surface area (Å²) in [6.07, 6.45) is 3.96. The minimum Gasteiger partial charge on any atom is -0.357 e. The minimum atomic E-state index is 0.483. The summed E-state index contributed by atoms with van der Waals surface area (Å²) in [5, 5.41) is 10.1. The smallest absolute Gasteiger partial charge is 0.191 e. The van der Waals surface area contributed by atoms with E-state index >= 15 is 0 Å². The van der Waals surface area contributed by atoms with E-state index in [9.17, 15) is 0 Å². The van der Waals surface area contributed by atoms with E-state index < -0.39 is 0 Å². The average Bonchev–Trinajstić information content (AvgIpc) is 3.07. The van der Waals surface area contributed by atoms with Crippen molar-refractivity contribution in [2.75, 3.05) is 26.2 Å². The highest BCUT2D eigenvalue weighted by molar-refractivity contribution is 7.09. The lowest BCUT2D eigenvalue weighted by atomic mass is 10.0. The van der Waals surface area contributed by atoms with Crippen LogP contribution >= 0.6 is 11.3 Å². The number of nitrogens with one attached hydrogen (secondary N) is 2. The second-order valence-corrected chi connectivity index (χ2v) is 7.62. The molecule has 1 aliphatic rings. The fourth-order valence-electron chi connectivity index (χ4n) is 3.07. The molecule has 1 aromatic heterocycles. The molecule has 1 aliphatic heterocycles. The fourth-order valence-corrected chi connectivity index (χ4v) is 3.95. The predicted molar refractivity (Wildman–Crippen MR) is 104 cm³/mol. The Labute approximate surface area is 151 Å². The number of rotatable bonds is 7. The number of nitrogens with zero attached hydrogens (tertiary/aromatic N) is 3. The largest absolute Gasteiger partial charge is 0.357 e. The molecule has 2 N–H and O–H groups in total. The van der Waals surface area contributed by atoms with Crippen molar-refractivity contribution in [2.45, 2.75) is 65.5 Å². The Morgan fingerprint density at radius 1 is 1.38 bits per heavy atom. The zero-order valence-corrected chi connectivity index (χ0v) is 16.5. The Bertz CT molecular complexity index is 511. The van der Waals surface area contributed by atoms with Crippen molar-refractivity contribution in [2.24, 2.45) is 4.99 Å². The van der Waals surface area contributed by atoms with Crippen molar-refractivity contribution in [1.82, 2.24) is 20.5 Å². The number of aliphatic imine (C=N–C) groups is 1. The van der Waals surface area contributed by atoms with E-state index in [-0.39, 0.29) is 0 Å². The molecule has 0 spiro atoms. The number of likely N-dealkylation sites (N-methyl/N-ethyl adjacent to an activating group) is 1. The molecule has 0 aromatic carbocycles. The maximum Gasteiger partial charge on any atom is 0.191 e. The third kappa shape index (κ3) is 5.74. The molecule has 0 aliphatic carbocycles. The maximum atomic E-state index is 4.72. The third-order valence-corrected chi connectivity index (χ3v) is 5.39. The van der Waals surface area contributed by atoms with Gasteiger partial charge in [-0.1, -0.05) is 27.2 Å². The van der Waals surface area contributed by atoms with Gasteiger partial charge in [0.1, 0.15) is 5.01 Å². The summed E-state index contributed by atoms with van der Waals surface area (Å²) in [5.41, 5.74) is 1.17. The fraction of sp³-hybridized carbons (Fsp3) is 0.778. The zero-order valence-electron chi connectivity index (χ0n) is 15.6. The van der Waals surface area contributed by atoms with E-state index in [1.807, 2.05) is 0 Å². The van der Waals surface area contributed by atoms with Crippen LogP contribution in [0.4, 0.5) is 0 Å². The molecule has 1 atom stereocenters. The molecule has 0 radical (unpaired) electrons. The molecule has 2 rings (SSSR count). The van der Waals surface area contributed by atoms with Crippen LogP contribution in [0, 0.1) is 0 Å². The number of thiazole rings is 1. The molecule has 2 heterocycles. The van der Waals surface area contributed by atoms with Gasteiger partial charge in [-0.3, -0.25) is 4.90 Å². The molecule has 24 heavy (non-hydrogen) atoms. The number of hydrogen-bond donors (Lipinski definition) is 2. The van der Waals surface area contributed by atoms with Gasteiger partial charge in [-0.15, -0.1) is 11.3 Å². The molecule has 0 amide bonds. The SMILES string of the molecule is CCNC(=NCc1nc(C(C)C)cs1)NCC1CCCCN1CC. The molecule has 1 saturated heterocycles. The molecular weight excluding hydrogens is 318 g/mol. The van der Waals surface area contributed by atoms with Crippen molar-refractivity contribution in [1.29, 1.82) is 0 Å². The van der Waals surface area contributed by atoms with Gasteiger partial charge in [-0.25, -0.2) is 9.98 Å². The summed E-state index contributed by atoms with van der Waals surface area (Å²) in [6, 6.07) is 0.625. The summed E-state index contributed by atoms with van der Waals surface area (Å²) in [4.78, 5) is 12.0. The van der Waals surface area contributed by atoms with E-state index in [1.54, 1.807) is 11.3 Å². The standard InChI is InChI=1S/C18H33N5S/c1-5-19-18(20-11-15-9-7-8-10-23(15)6-2)21-12-17-22-16(13-24-17)14(3)4/h13-15H,5-12H2,1-4H3,(H2,19,20,21). The first-order chi connectivity index (χ1) is 11.6. The van der Waals surface area contributed by atoms with Gasteiger partial charge in [0.2, 0.25) is 0 Å². The van der Waals surface area contributed by atoms with Gasteiger partial charge in [-0.05, 0) is 38.8 Å². The van der Waals surface area contributed by atoms with E-state index in [1.165, 1.54) is 31.5 Å². The molecule has 5 nitrogen and oxygen atoms in total. The first kappa shape index (κ1) is 19.2. The Morgan fingerprint density at radius 2 is 2.21 bits per heavy atom. The highest BCUT2D eigenvalue weighted by atomic mass is 32.1. The first-order valence-corrected chi connectivity index (χ1v) is 10.2. The molecular formula is C18H33N5S. The van der Waals surface area contributed by atoms with Gasteiger partial charge in [0.15, 0.2) is 5.96 Å². The minimum absolute atomic E-state index is 0.483. The van der Waals surface area contributed by atoms with E-state index in [0.717, 1.165) is 30.6 Å². The summed E-state index contributed by atoms with van der Waals surface area (Å²) in [7, 11) is 0. The van der Waals surface area contributed by atoms with Crippen LogP contribution in [-0.4, -0.2) is 48.1 Å². The highest BCUT2D eigenvalue weighted by Gasteiger charge is 2.20. The second kappa shape index (κ2) is 9.99. The summed E-state index contributed by atoms with van der Waals surface area (Å²) in [6.45, 7) is 13.6. The van der Waals surface area contributed by atoms with Crippen LogP contribution in [0.3, 0.4) is 0 Å². The van der Waals surface area contributed by atoms with Gasteiger partial charge in [0.25, 0.3) is 0 Å². The number of hydrogen-bond acceptors (Lipinski definition) is 4. The molecule has 6 heteroatoms. The molecule has 1 unspecified atom stereocenters. The van der Waals surface area contributed by atoms with Crippen molar-refractivity contribution >= 4 is 17.3 Å². The van der Waals surface area contributed by atoms with Crippen molar-refractivity contribution < 1.29 is 0 Å². The summed E-state index contributed by atoms with van der Waals surface area (Å²) < 4.78 is 0. The molecule has 136 valence electrons. The Morgan fingerprint density at radius 3 is 2.88 bits per heavy atom. The van der Waals surface area contributed by atoms with Gasteiger partial charge in [-0.2, -0.15) is 0 Å². The Kier molecular flexibility index (Phi) is 7.99. The lowest BCUT2D eigenvalue weighted by molar-refractivity contribution is 0.157. The normalized spacial score (nSPS) is 19.7.